The standard InChI is InChI=1S/C19H13ClN2O5S2/c20-11-3-1-2-10(6-11)7-15-17(25)22(19(28)29-15)9-16(24)21-14-5-4-12(23)8-13(14)18(26)27/h1-8,23H,9H2,(H,21,24)(H,26,27)/b15-7+. The number of thiocarbonyl (C=S) groups is 1. The number of hydrogen-bond acceptors (Lipinski definition) is 6. The second kappa shape index (κ2) is 8.64. The molecule has 2 aromatic carbocycles. The average Bonchev–Trinajstić information content (AvgIpc) is 2.90. The summed E-state index contributed by atoms with van der Waals surface area (Å²) in [6.07, 6.45) is 1.63. The molecule has 1 aliphatic heterocycles. The van der Waals surface area contributed by atoms with Gasteiger partial charge in [-0.15, -0.1) is 0 Å². The number of halogens is 1. The van der Waals surface area contributed by atoms with Crippen molar-refractivity contribution in [2.75, 3.05) is 11.9 Å². The Morgan fingerprint density at radius 1 is 1.24 bits per heavy atom. The number of carboxylic acid groups (broad SMARTS) is 1. The fourth-order valence-electron chi connectivity index (χ4n) is 2.54. The van der Waals surface area contributed by atoms with Crippen LogP contribution in [0.1, 0.15) is 15.9 Å². The predicted molar refractivity (Wildman–Crippen MR) is 115 cm³/mol. The van der Waals surface area contributed by atoms with E-state index in [1.165, 1.54) is 12.1 Å². The van der Waals surface area contributed by atoms with Gasteiger partial charge in [-0.1, -0.05) is 47.7 Å². The highest BCUT2D eigenvalue weighted by Gasteiger charge is 2.33. The third-order valence-electron chi connectivity index (χ3n) is 3.83. The molecule has 0 spiro atoms. The van der Waals surface area contributed by atoms with Crippen LogP contribution in [0.25, 0.3) is 6.08 Å². The zero-order valence-electron chi connectivity index (χ0n) is 14.6. The van der Waals surface area contributed by atoms with Crippen LogP contribution in [0.2, 0.25) is 5.02 Å². The number of nitrogens with zero attached hydrogens (tertiary/aromatic N) is 1. The van der Waals surface area contributed by atoms with Crippen molar-refractivity contribution in [3.05, 3.63) is 63.5 Å². The maximum absolute atomic E-state index is 12.6. The Morgan fingerprint density at radius 2 is 2.00 bits per heavy atom. The highest BCUT2D eigenvalue weighted by molar-refractivity contribution is 8.26. The van der Waals surface area contributed by atoms with Gasteiger partial charge in [-0.05, 0) is 42.0 Å². The van der Waals surface area contributed by atoms with E-state index in [0.717, 1.165) is 28.3 Å². The van der Waals surface area contributed by atoms with Gasteiger partial charge in [0, 0.05) is 5.02 Å². The summed E-state index contributed by atoms with van der Waals surface area (Å²) in [6, 6.07) is 10.5. The van der Waals surface area contributed by atoms with E-state index in [-0.39, 0.29) is 27.9 Å². The average molecular weight is 449 g/mol. The number of phenols is 1. The molecule has 0 aromatic heterocycles. The van der Waals surface area contributed by atoms with Crippen molar-refractivity contribution < 1.29 is 24.6 Å². The first-order valence-electron chi connectivity index (χ1n) is 8.11. The predicted octanol–water partition coefficient (Wildman–Crippen LogP) is 3.58. The summed E-state index contributed by atoms with van der Waals surface area (Å²) in [5.74, 6) is -2.62. The van der Waals surface area contributed by atoms with Crippen molar-refractivity contribution in [1.29, 1.82) is 0 Å². The number of thioether (sulfide) groups is 1. The molecule has 0 aliphatic carbocycles. The molecule has 3 N–H and O–H groups in total. The van der Waals surface area contributed by atoms with Crippen LogP contribution in [0.3, 0.4) is 0 Å². The van der Waals surface area contributed by atoms with Crippen molar-refractivity contribution >= 4 is 69.4 Å². The van der Waals surface area contributed by atoms with Crippen LogP contribution in [0.4, 0.5) is 5.69 Å². The largest absolute Gasteiger partial charge is 0.508 e. The lowest BCUT2D eigenvalue weighted by molar-refractivity contribution is -0.126. The summed E-state index contributed by atoms with van der Waals surface area (Å²) in [7, 11) is 0. The first kappa shape index (κ1) is 20.8. The van der Waals surface area contributed by atoms with Crippen LogP contribution in [-0.2, 0) is 9.59 Å². The topological polar surface area (TPSA) is 107 Å². The van der Waals surface area contributed by atoms with Crippen molar-refractivity contribution in [1.82, 2.24) is 4.90 Å². The Balaban J connectivity index is 1.74. The molecule has 2 aromatic rings. The fraction of sp³-hybridized carbons (Fsp3) is 0.0526. The van der Waals surface area contributed by atoms with E-state index in [2.05, 4.69) is 5.32 Å². The molecule has 0 atom stereocenters. The van der Waals surface area contributed by atoms with Crippen LogP contribution in [0, 0.1) is 0 Å². The minimum Gasteiger partial charge on any atom is -0.508 e. The first-order chi connectivity index (χ1) is 13.7. The summed E-state index contributed by atoms with van der Waals surface area (Å²) in [5, 5.41) is 21.6. The lowest BCUT2D eigenvalue weighted by Gasteiger charge is -2.15. The zero-order valence-corrected chi connectivity index (χ0v) is 17.0. The maximum Gasteiger partial charge on any atom is 0.337 e. The molecular formula is C19H13ClN2O5S2. The van der Waals surface area contributed by atoms with Gasteiger partial charge in [0.1, 0.15) is 16.6 Å². The Bertz CT molecular complexity index is 1070. The number of carbonyl (C=O) groups excluding carboxylic acids is 2. The Labute approximate surface area is 180 Å². The maximum atomic E-state index is 12.6. The number of anilines is 1. The molecule has 0 saturated carbocycles. The van der Waals surface area contributed by atoms with Crippen LogP contribution >= 0.6 is 35.6 Å². The number of aromatic hydroxyl groups is 1. The van der Waals surface area contributed by atoms with E-state index in [4.69, 9.17) is 23.8 Å². The quantitative estimate of drug-likeness (QED) is 0.364. The van der Waals surface area contributed by atoms with E-state index in [1.54, 1.807) is 30.3 Å². The lowest BCUT2D eigenvalue weighted by atomic mass is 10.1. The molecule has 1 fully saturated rings. The number of benzene rings is 2. The van der Waals surface area contributed by atoms with Gasteiger partial charge in [-0.25, -0.2) is 4.79 Å². The second-order valence-corrected chi connectivity index (χ2v) is 8.02. The SMILES string of the molecule is O=C(CN1C(=O)/C(=C\c2cccc(Cl)c2)SC1=S)Nc1ccc(O)cc1C(=O)O. The molecule has 2 amide bonds. The smallest absolute Gasteiger partial charge is 0.337 e. The number of carboxylic acids is 1. The Hall–Kier alpha value is -2.88. The molecule has 3 rings (SSSR count). The number of hydrogen-bond donors (Lipinski definition) is 3. The number of rotatable bonds is 5. The van der Waals surface area contributed by atoms with E-state index in [9.17, 15) is 24.6 Å². The molecule has 0 radical (unpaired) electrons. The highest BCUT2D eigenvalue weighted by atomic mass is 35.5. The van der Waals surface area contributed by atoms with E-state index in [1.807, 2.05) is 0 Å². The highest BCUT2D eigenvalue weighted by Crippen LogP contribution is 2.33. The van der Waals surface area contributed by atoms with Crippen molar-refractivity contribution in [2.45, 2.75) is 0 Å². The van der Waals surface area contributed by atoms with Crippen molar-refractivity contribution in [2.24, 2.45) is 0 Å². The van der Waals surface area contributed by atoms with Gasteiger partial charge in [0.25, 0.3) is 5.91 Å². The number of amides is 2. The van der Waals surface area contributed by atoms with Crippen molar-refractivity contribution in [3.63, 3.8) is 0 Å². The molecule has 1 saturated heterocycles. The summed E-state index contributed by atoms with van der Waals surface area (Å²) in [4.78, 5) is 37.7. The molecule has 10 heteroatoms. The summed E-state index contributed by atoms with van der Waals surface area (Å²) in [5.41, 5.74) is 0.447. The van der Waals surface area contributed by atoms with Crippen molar-refractivity contribution in [3.8, 4) is 5.75 Å². The third-order valence-corrected chi connectivity index (χ3v) is 5.44. The van der Waals surface area contributed by atoms with Gasteiger partial charge in [0.2, 0.25) is 5.91 Å². The molecule has 29 heavy (non-hydrogen) atoms. The normalized spacial score (nSPS) is 15.1. The van der Waals surface area contributed by atoms with Crippen LogP contribution in [0.5, 0.6) is 5.75 Å². The molecule has 1 aliphatic rings. The number of phenolic OH excluding ortho intramolecular Hbond substituents is 1. The molecule has 148 valence electrons. The molecule has 1 heterocycles. The fourth-order valence-corrected chi connectivity index (χ4v) is 3.99. The first-order valence-corrected chi connectivity index (χ1v) is 9.72. The number of nitrogens with one attached hydrogen (secondary N) is 1. The second-order valence-electron chi connectivity index (χ2n) is 5.91. The van der Waals surface area contributed by atoms with Crippen LogP contribution in [-0.4, -0.2) is 43.8 Å². The number of aromatic carboxylic acids is 1. The van der Waals surface area contributed by atoms with Gasteiger partial charge in [0.05, 0.1) is 16.2 Å². The summed E-state index contributed by atoms with van der Waals surface area (Å²) >= 11 is 12.2. The molecule has 0 bridgehead atoms. The minimum atomic E-state index is -1.31. The molecule has 0 unspecified atom stereocenters. The number of carbonyl (C=O) groups is 3. The van der Waals surface area contributed by atoms with Gasteiger partial charge in [-0.2, -0.15) is 0 Å². The molecular weight excluding hydrogens is 436 g/mol. The van der Waals surface area contributed by atoms with E-state index >= 15 is 0 Å². The Kier molecular flexibility index (Phi) is 6.21. The minimum absolute atomic E-state index is 0.000195. The summed E-state index contributed by atoms with van der Waals surface area (Å²) in [6.45, 7) is -0.377. The summed E-state index contributed by atoms with van der Waals surface area (Å²) < 4.78 is 0.211. The molecule has 7 nitrogen and oxygen atoms in total. The van der Waals surface area contributed by atoms with E-state index in [0.29, 0.717) is 9.93 Å². The monoisotopic (exact) mass is 448 g/mol. The van der Waals surface area contributed by atoms with Gasteiger partial charge in [-0.3, -0.25) is 14.5 Å². The van der Waals surface area contributed by atoms with Gasteiger partial charge >= 0.3 is 5.97 Å². The van der Waals surface area contributed by atoms with Gasteiger partial charge < -0.3 is 15.5 Å². The van der Waals surface area contributed by atoms with E-state index < -0.39 is 17.8 Å². The Morgan fingerprint density at radius 3 is 2.69 bits per heavy atom. The lowest BCUT2D eigenvalue weighted by Crippen LogP contribution is -2.36. The van der Waals surface area contributed by atoms with Crippen LogP contribution in [0.15, 0.2) is 47.4 Å². The van der Waals surface area contributed by atoms with Gasteiger partial charge in [0.15, 0.2) is 0 Å². The zero-order chi connectivity index (χ0) is 21.1. The third kappa shape index (κ3) is 4.94. The van der Waals surface area contributed by atoms with Crippen LogP contribution < -0.4 is 5.32 Å².